The van der Waals surface area contributed by atoms with Crippen molar-refractivity contribution in [3.63, 3.8) is 0 Å². The van der Waals surface area contributed by atoms with E-state index in [-0.39, 0.29) is 11.9 Å². The average Bonchev–Trinajstić information content (AvgIpc) is 2.31. The fourth-order valence-electron chi connectivity index (χ4n) is 1.75. The van der Waals surface area contributed by atoms with Crippen molar-refractivity contribution in [3.8, 4) is 0 Å². The standard InChI is InChI=1S/C11H14ClN3O/c12-10-4-3-8(6-14-10)11(16)15-9-2-1-5-13-7-9/h3-4,6,9,13H,1-2,5,7H2,(H,15,16)/t9-/m1/s1. The highest BCUT2D eigenvalue weighted by molar-refractivity contribution is 6.29. The lowest BCUT2D eigenvalue weighted by Gasteiger charge is -2.23. The predicted octanol–water partition coefficient (Wildman–Crippen LogP) is 1.22. The minimum absolute atomic E-state index is 0.0853. The fraction of sp³-hybridized carbons (Fsp3) is 0.455. The highest BCUT2D eigenvalue weighted by Crippen LogP contribution is 2.07. The van der Waals surface area contributed by atoms with Crippen molar-refractivity contribution in [2.24, 2.45) is 0 Å². The molecule has 4 nitrogen and oxygen atoms in total. The molecule has 16 heavy (non-hydrogen) atoms. The van der Waals surface area contributed by atoms with Crippen LogP contribution in [0, 0.1) is 0 Å². The topological polar surface area (TPSA) is 54.0 Å². The Bertz CT molecular complexity index is 360. The number of carbonyl (C=O) groups is 1. The van der Waals surface area contributed by atoms with Crippen LogP contribution in [0.3, 0.4) is 0 Å². The molecular formula is C11H14ClN3O. The van der Waals surface area contributed by atoms with Gasteiger partial charge >= 0.3 is 0 Å². The highest BCUT2D eigenvalue weighted by Gasteiger charge is 2.16. The summed E-state index contributed by atoms with van der Waals surface area (Å²) in [6.45, 7) is 1.88. The van der Waals surface area contributed by atoms with Crippen molar-refractivity contribution < 1.29 is 4.79 Å². The summed E-state index contributed by atoms with van der Waals surface area (Å²) in [5.41, 5.74) is 0.551. The number of amides is 1. The number of hydrogen-bond donors (Lipinski definition) is 2. The number of nitrogens with zero attached hydrogens (tertiary/aromatic N) is 1. The first-order valence-corrected chi connectivity index (χ1v) is 5.76. The smallest absolute Gasteiger partial charge is 0.253 e. The summed E-state index contributed by atoms with van der Waals surface area (Å²) in [7, 11) is 0. The van der Waals surface area contributed by atoms with Crippen LogP contribution >= 0.6 is 11.6 Å². The molecule has 0 unspecified atom stereocenters. The summed E-state index contributed by atoms with van der Waals surface area (Å²) >= 11 is 5.66. The molecule has 0 spiro atoms. The van der Waals surface area contributed by atoms with E-state index in [9.17, 15) is 4.79 Å². The van der Waals surface area contributed by atoms with Gasteiger partial charge < -0.3 is 10.6 Å². The maximum Gasteiger partial charge on any atom is 0.253 e. The summed E-state index contributed by atoms with van der Waals surface area (Å²) in [5, 5.41) is 6.62. The number of halogens is 1. The third kappa shape index (κ3) is 2.93. The Morgan fingerprint density at radius 3 is 3.06 bits per heavy atom. The molecule has 1 aromatic rings. The molecule has 0 saturated carbocycles. The molecule has 1 fully saturated rings. The molecule has 1 saturated heterocycles. The Balaban J connectivity index is 1.94. The third-order valence-corrected chi connectivity index (χ3v) is 2.85. The minimum atomic E-state index is -0.0853. The summed E-state index contributed by atoms with van der Waals surface area (Å²) in [6, 6.07) is 3.52. The van der Waals surface area contributed by atoms with Gasteiger partial charge in [0.1, 0.15) is 5.15 Å². The van der Waals surface area contributed by atoms with Crippen LogP contribution in [-0.4, -0.2) is 30.0 Å². The Hall–Kier alpha value is -1.13. The molecule has 1 aromatic heterocycles. The van der Waals surface area contributed by atoms with Crippen LogP contribution < -0.4 is 10.6 Å². The zero-order chi connectivity index (χ0) is 11.4. The highest BCUT2D eigenvalue weighted by atomic mass is 35.5. The van der Waals surface area contributed by atoms with Crippen LogP contribution in [0.2, 0.25) is 5.15 Å². The lowest BCUT2D eigenvalue weighted by atomic mass is 10.1. The molecule has 0 aromatic carbocycles. The number of piperidine rings is 1. The van der Waals surface area contributed by atoms with Gasteiger partial charge in [-0.3, -0.25) is 4.79 Å². The third-order valence-electron chi connectivity index (χ3n) is 2.62. The SMILES string of the molecule is O=C(N[C@@H]1CCCNC1)c1ccc(Cl)nc1. The van der Waals surface area contributed by atoms with Crippen molar-refractivity contribution >= 4 is 17.5 Å². The first-order chi connectivity index (χ1) is 7.75. The zero-order valence-electron chi connectivity index (χ0n) is 8.87. The second-order valence-corrected chi connectivity index (χ2v) is 4.27. The number of nitrogens with one attached hydrogen (secondary N) is 2. The molecule has 1 amide bonds. The Labute approximate surface area is 99.4 Å². The summed E-state index contributed by atoms with van der Waals surface area (Å²) < 4.78 is 0. The van der Waals surface area contributed by atoms with E-state index in [1.54, 1.807) is 12.1 Å². The Morgan fingerprint density at radius 1 is 1.56 bits per heavy atom. The average molecular weight is 240 g/mol. The van der Waals surface area contributed by atoms with Gasteiger partial charge in [-0.25, -0.2) is 4.98 Å². The van der Waals surface area contributed by atoms with E-state index in [1.165, 1.54) is 6.20 Å². The second kappa shape index (κ2) is 5.27. The van der Waals surface area contributed by atoms with Gasteiger partial charge in [0.2, 0.25) is 0 Å². The minimum Gasteiger partial charge on any atom is -0.348 e. The first-order valence-electron chi connectivity index (χ1n) is 5.39. The molecule has 0 aliphatic carbocycles. The van der Waals surface area contributed by atoms with Crippen molar-refractivity contribution in [2.75, 3.05) is 13.1 Å². The van der Waals surface area contributed by atoms with E-state index in [0.717, 1.165) is 25.9 Å². The van der Waals surface area contributed by atoms with E-state index in [4.69, 9.17) is 11.6 Å². The quantitative estimate of drug-likeness (QED) is 0.763. The van der Waals surface area contributed by atoms with Gasteiger partial charge in [0.15, 0.2) is 0 Å². The Kier molecular flexibility index (Phi) is 3.74. The van der Waals surface area contributed by atoms with E-state index < -0.39 is 0 Å². The van der Waals surface area contributed by atoms with Crippen LogP contribution in [-0.2, 0) is 0 Å². The number of pyridine rings is 1. The molecule has 2 N–H and O–H groups in total. The molecule has 1 aliphatic rings. The van der Waals surface area contributed by atoms with Gasteiger partial charge in [-0.05, 0) is 31.5 Å². The van der Waals surface area contributed by atoms with E-state index in [1.807, 2.05) is 0 Å². The zero-order valence-corrected chi connectivity index (χ0v) is 9.63. The van der Waals surface area contributed by atoms with Crippen LogP contribution in [0.5, 0.6) is 0 Å². The van der Waals surface area contributed by atoms with Gasteiger partial charge in [0.25, 0.3) is 5.91 Å². The summed E-state index contributed by atoms with van der Waals surface area (Å²) in [5.74, 6) is -0.0853. The van der Waals surface area contributed by atoms with Crippen LogP contribution in [0.15, 0.2) is 18.3 Å². The van der Waals surface area contributed by atoms with E-state index in [0.29, 0.717) is 10.7 Å². The Morgan fingerprint density at radius 2 is 2.44 bits per heavy atom. The monoisotopic (exact) mass is 239 g/mol. The maximum absolute atomic E-state index is 11.8. The molecular weight excluding hydrogens is 226 g/mol. The van der Waals surface area contributed by atoms with Crippen molar-refractivity contribution in [2.45, 2.75) is 18.9 Å². The van der Waals surface area contributed by atoms with Gasteiger partial charge in [-0.15, -0.1) is 0 Å². The predicted molar refractivity (Wildman–Crippen MR) is 62.6 cm³/mol. The number of hydrogen-bond acceptors (Lipinski definition) is 3. The van der Waals surface area contributed by atoms with Gasteiger partial charge in [-0.1, -0.05) is 11.6 Å². The number of carbonyl (C=O) groups excluding carboxylic acids is 1. The van der Waals surface area contributed by atoms with Gasteiger partial charge in [-0.2, -0.15) is 0 Å². The van der Waals surface area contributed by atoms with Crippen LogP contribution in [0.4, 0.5) is 0 Å². The summed E-state index contributed by atoms with van der Waals surface area (Å²) in [4.78, 5) is 15.7. The first kappa shape index (κ1) is 11.4. The second-order valence-electron chi connectivity index (χ2n) is 3.89. The van der Waals surface area contributed by atoms with Gasteiger partial charge in [0, 0.05) is 18.8 Å². The largest absolute Gasteiger partial charge is 0.348 e. The molecule has 86 valence electrons. The molecule has 5 heteroatoms. The molecule has 0 radical (unpaired) electrons. The van der Waals surface area contributed by atoms with Gasteiger partial charge in [0.05, 0.1) is 5.56 Å². The molecule has 1 aliphatic heterocycles. The van der Waals surface area contributed by atoms with Crippen LogP contribution in [0.25, 0.3) is 0 Å². The maximum atomic E-state index is 11.8. The normalized spacial score (nSPS) is 20.4. The number of aromatic nitrogens is 1. The lowest BCUT2D eigenvalue weighted by molar-refractivity contribution is 0.0930. The lowest BCUT2D eigenvalue weighted by Crippen LogP contribution is -2.45. The van der Waals surface area contributed by atoms with E-state index >= 15 is 0 Å². The van der Waals surface area contributed by atoms with Crippen LogP contribution in [0.1, 0.15) is 23.2 Å². The molecule has 2 rings (SSSR count). The number of rotatable bonds is 2. The summed E-state index contributed by atoms with van der Waals surface area (Å²) in [6.07, 6.45) is 3.62. The molecule has 1 atom stereocenters. The van der Waals surface area contributed by atoms with E-state index in [2.05, 4.69) is 15.6 Å². The van der Waals surface area contributed by atoms with Crippen molar-refractivity contribution in [3.05, 3.63) is 29.0 Å². The fourth-order valence-corrected chi connectivity index (χ4v) is 1.87. The van der Waals surface area contributed by atoms with Crippen molar-refractivity contribution in [1.29, 1.82) is 0 Å². The molecule has 2 heterocycles. The molecule has 0 bridgehead atoms. The van der Waals surface area contributed by atoms with Crippen molar-refractivity contribution in [1.82, 2.24) is 15.6 Å².